The zero-order valence-electron chi connectivity index (χ0n) is 11.8. The minimum atomic E-state index is -0.727. The van der Waals surface area contributed by atoms with E-state index in [2.05, 4.69) is 6.58 Å². The standard InChI is InChI=1S/C17H24O2/c1-3-5-6-7-11-14-17(4-2,16(18)19)15-12-9-8-10-13-15/h3,8-10,12-13H,1,4-7,11,14H2,2H3,(H,18,19). The third kappa shape index (κ3) is 3.95. The molecule has 0 radical (unpaired) electrons. The van der Waals surface area contributed by atoms with Gasteiger partial charge in [-0.15, -0.1) is 6.58 Å². The first-order valence-electron chi connectivity index (χ1n) is 7.07. The molecule has 0 saturated heterocycles. The Morgan fingerprint density at radius 3 is 2.47 bits per heavy atom. The van der Waals surface area contributed by atoms with Crippen LogP contribution in [0.25, 0.3) is 0 Å². The van der Waals surface area contributed by atoms with Crippen LogP contribution in [0.2, 0.25) is 0 Å². The molecule has 0 fully saturated rings. The number of benzene rings is 1. The summed E-state index contributed by atoms with van der Waals surface area (Å²) in [5.74, 6) is -0.704. The lowest BCUT2D eigenvalue weighted by atomic mass is 9.74. The van der Waals surface area contributed by atoms with Crippen LogP contribution >= 0.6 is 0 Å². The van der Waals surface area contributed by atoms with E-state index in [4.69, 9.17) is 0 Å². The molecule has 0 aromatic heterocycles. The molecule has 1 aromatic carbocycles. The van der Waals surface area contributed by atoms with E-state index in [0.717, 1.165) is 31.2 Å². The quantitative estimate of drug-likeness (QED) is 0.522. The van der Waals surface area contributed by atoms with Crippen molar-refractivity contribution in [1.29, 1.82) is 0 Å². The second-order valence-electron chi connectivity index (χ2n) is 4.99. The fraction of sp³-hybridized carbons (Fsp3) is 0.471. The van der Waals surface area contributed by atoms with Crippen LogP contribution < -0.4 is 0 Å². The summed E-state index contributed by atoms with van der Waals surface area (Å²) in [5.41, 5.74) is 0.198. The lowest BCUT2D eigenvalue weighted by Gasteiger charge is -2.28. The summed E-state index contributed by atoms with van der Waals surface area (Å²) in [6.45, 7) is 5.67. The lowest BCUT2D eigenvalue weighted by molar-refractivity contribution is -0.144. The predicted molar refractivity (Wildman–Crippen MR) is 79.3 cm³/mol. The molecule has 2 heteroatoms. The molecule has 1 rings (SSSR count). The Hall–Kier alpha value is -1.57. The van der Waals surface area contributed by atoms with Crippen LogP contribution in [0.4, 0.5) is 0 Å². The highest BCUT2D eigenvalue weighted by molar-refractivity contribution is 5.81. The average Bonchev–Trinajstić information content (AvgIpc) is 2.44. The Balaban J connectivity index is 2.77. The second-order valence-corrected chi connectivity index (χ2v) is 4.99. The van der Waals surface area contributed by atoms with E-state index in [1.54, 1.807) is 0 Å². The molecule has 1 atom stereocenters. The first-order chi connectivity index (χ1) is 9.17. The van der Waals surface area contributed by atoms with Crippen LogP contribution in [0.5, 0.6) is 0 Å². The molecule has 0 aliphatic heterocycles. The largest absolute Gasteiger partial charge is 0.481 e. The molecule has 0 saturated carbocycles. The van der Waals surface area contributed by atoms with Crippen molar-refractivity contribution in [2.45, 2.75) is 50.9 Å². The highest BCUT2D eigenvalue weighted by Gasteiger charge is 2.37. The smallest absolute Gasteiger partial charge is 0.314 e. The van der Waals surface area contributed by atoms with Gasteiger partial charge in [0.25, 0.3) is 0 Å². The topological polar surface area (TPSA) is 37.3 Å². The van der Waals surface area contributed by atoms with Gasteiger partial charge in [0.15, 0.2) is 0 Å². The predicted octanol–water partition coefficient (Wildman–Crippen LogP) is 4.56. The Labute approximate surface area is 116 Å². The Bertz CT molecular complexity index is 397. The van der Waals surface area contributed by atoms with Crippen LogP contribution in [-0.4, -0.2) is 11.1 Å². The molecule has 0 amide bonds. The summed E-state index contributed by atoms with van der Waals surface area (Å²) in [6.07, 6.45) is 7.38. The summed E-state index contributed by atoms with van der Waals surface area (Å²) >= 11 is 0. The molecular formula is C17H24O2. The maximum Gasteiger partial charge on any atom is 0.314 e. The molecule has 1 aromatic rings. The maximum atomic E-state index is 11.8. The molecule has 1 N–H and O–H groups in total. The van der Waals surface area contributed by atoms with Crippen LogP contribution in [0.3, 0.4) is 0 Å². The van der Waals surface area contributed by atoms with E-state index in [1.165, 1.54) is 0 Å². The minimum Gasteiger partial charge on any atom is -0.481 e. The van der Waals surface area contributed by atoms with Crippen molar-refractivity contribution in [1.82, 2.24) is 0 Å². The molecule has 19 heavy (non-hydrogen) atoms. The van der Waals surface area contributed by atoms with Gasteiger partial charge in [-0.2, -0.15) is 0 Å². The van der Waals surface area contributed by atoms with E-state index in [9.17, 15) is 9.90 Å². The van der Waals surface area contributed by atoms with E-state index in [-0.39, 0.29) is 0 Å². The minimum absolute atomic E-state index is 0.633. The Morgan fingerprint density at radius 1 is 1.26 bits per heavy atom. The number of rotatable bonds is 9. The number of carbonyl (C=O) groups is 1. The van der Waals surface area contributed by atoms with Crippen molar-refractivity contribution >= 4 is 5.97 Å². The molecule has 0 heterocycles. The van der Waals surface area contributed by atoms with Crippen LogP contribution in [0.1, 0.15) is 51.0 Å². The molecule has 1 unspecified atom stereocenters. The van der Waals surface area contributed by atoms with E-state index < -0.39 is 11.4 Å². The Morgan fingerprint density at radius 2 is 1.95 bits per heavy atom. The highest BCUT2D eigenvalue weighted by Crippen LogP contribution is 2.34. The molecule has 104 valence electrons. The molecule has 0 aliphatic carbocycles. The highest BCUT2D eigenvalue weighted by atomic mass is 16.4. The van der Waals surface area contributed by atoms with Gasteiger partial charge in [-0.05, 0) is 31.2 Å². The third-order valence-corrected chi connectivity index (χ3v) is 3.85. The molecular weight excluding hydrogens is 236 g/mol. The van der Waals surface area contributed by atoms with Crippen molar-refractivity contribution in [3.63, 3.8) is 0 Å². The number of aliphatic carboxylic acids is 1. The van der Waals surface area contributed by atoms with Crippen LogP contribution in [0, 0.1) is 0 Å². The summed E-state index contributed by atoms with van der Waals surface area (Å²) in [4.78, 5) is 11.8. The van der Waals surface area contributed by atoms with Gasteiger partial charge >= 0.3 is 5.97 Å². The summed E-state index contributed by atoms with van der Waals surface area (Å²) in [6, 6.07) is 9.62. The molecule has 0 spiro atoms. The fourth-order valence-corrected chi connectivity index (χ4v) is 2.56. The molecule has 2 nitrogen and oxygen atoms in total. The van der Waals surface area contributed by atoms with Gasteiger partial charge in [-0.25, -0.2) is 0 Å². The fourth-order valence-electron chi connectivity index (χ4n) is 2.56. The molecule has 0 aliphatic rings. The summed E-state index contributed by atoms with van der Waals surface area (Å²) in [5, 5.41) is 9.66. The van der Waals surface area contributed by atoms with Crippen molar-refractivity contribution in [2.75, 3.05) is 0 Å². The number of hydrogen-bond donors (Lipinski definition) is 1. The van der Waals surface area contributed by atoms with Gasteiger partial charge in [-0.3, -0.25) is 4.79 Å². The zero-order valence-corrected chi connectivity index (χ0v) is 11.8. The van der Waals surface area contributed by atoms with Gasteiger partial charge in [0.1, 0.15) is 0 Å². The average molecular weight is 260 g/mol. The summed E-state index contributed by atoms with van der Waals surface area (Å²) in [7, 11) is 0. The first-order valence-corrected chi connectivity index (χ1v) is 7.07. The van der Waals surface area contributed by atoms with Crippen molar-refractivity contribution in [3.8, 4) is 0 Å². The van der Waals surface area contributed by atoms with Gasteiger partial charge in [0, 0.05) is 0 Å². The van der Waals surface area contributed by atoms with Gasteiger partial charge in [-0.1, -0.05) is 56.2 Å². The number of hydrogen-bond acceptors (Lipinski definition) is 1. The van der Waals surface area contributed by atoms with E-state index in [0.29, 0.717) is 12.8 Å². The number of unbranched alkanes of at least 4 members (excludes halogenated alkanes) is 3. The Kier molecular flexibility index (Phi) is 6.34. The molecule has 0 bridgehead atoms. The lowest BCUT2D eigenvalue weighted by Crippen LogP contribution is -2.35. The van der Waals surface area contributed by atoms with Crippen LogP contribution in [-0.2, 0) is 10.2 Å². The number of carboxylic acids is 1. The second kappa shape index (κ2) is 7.78. The normalized spacial score (nSPS) is 13.7. The third-order valence-electron chi connectivity index (χ3n) is 3.85. The van der Waals surface area contributed by atoms with Crippen LogP contribution in [0.15, 0.2) is 43.0 Å². The van der Waals surface area contributed by atoms with E-state index in [1.807, 2.05) is 43.3 Å². The monoisotopic (exact) mass is 260 g/mol. The summed E-state index contributed by atoms with van der Waals surface area (Å²) < 4.78 is 0. The first kappa shape index (κ1) is 15.5. The van der Waals surface area contributed by atoms with E-state index >= 15 is 0 Å². The number of carboxylic acid groups (broad SMARTS) is 1. The van der Waals surface area contributed by atoms with Gasteiger partial charge in [0.05, 0.1) is 5.41 Å². The zero-order chi connectivity index (χ0) is 14.1. The van der Waals surface area contributed by atoms with Crippen molar-refractivity contribution in [3.05, 3.63) is 48.6 Å². The maximum absolute atomic E-state index is 11.8. The van der Waals surface area contributed by atoms with Crippen molar-refractivity contribution < 1.29 is 9.90 Å². The number of allylic oxidation sites excluding steroid dienone is 1. The van der Waals surface area contributed by atoms with Gasteiger partial charge in [0.2, 0.25) is 0 Å². The van der Waals surface area contributed by atoms with Crippen molar-refractivity contribution in [2.24, 2.45) is 0 Å². The SMILES string of the molecule is C=CCCCCCC(CC)(C(=O)O)c1ccccc1. The van der Waals surface area contributed by atoms with Gasteiger partial charge < -0.3 is 5.11 Å².